The molecule has 1 aromatic carbocycles. The Hall–Kier alpha value is -1.07. The highest BCUT2D eigenvalue weighted by Gasteiger charge is 2.12. The molecule has 0 aromatic heterocycles. The first-order valence-corrected chi connectivity index (χ1v) is 9.85. The zero-order chi connectivity index (χ0) is 16.1. The molecule has 10 heteroatoms. The number of sulfonamides is 2. The van der Waals surface area contributed by atoms with E-state index in [9.17, 15) is 16.8 Å². The van der Waals surface area contributed by atoms with E-state index in [1.54, 1.807) is 24.3 Å². The maximum absolute atomic E-state index is 11.9. The first-order chi connectivity index (χ1) is 9.59. The monoisotopic (exact) mass is 351 g/mol. The molecule has 0 fully saturated rings. The summed E-state index contributed by atoms with van der Waals surface area (Å²) in [6, 6.07) is 6.62. The van der Waals surface area contributed by atoms with E-state index < -0.39 is 20.0 Å². The summed E-state index contributed by atoms with van der Waals surface area (Å²) in [6.45, 7) is -0.0324. The van der Waals surface area contributed by atoms with E-state index in [4.69, 9.17) is 18.0 Å². The molecule has 0 unspecified atom stereocenters. The van der Waals surface area contributed by atoms with Gasteiger partial charge in [-0.15, -0.1) is 0 Å². The van der Waals surface area contributed by atoms with Gasteiger partial charge in [-0.05, 0) is 11.6 Å². The van der Waals surface area contributed by atoms with Crippen LogP contribution >= 0.6 is 12.2 Å². The van der Waals surface area contributed by atoms with Crippen molar-refractivity contribution in [3.8, 4) is 0 Å². The van der Waals surface area contributed by atoms with Gasteiger partial charge in [0.1, 0.15) is 4.99 Å². The Morgan fingerprint density at radius 2 is 1.81 bits per heavy atom. The van der Waals surface area contributed by atoms with Crippen molar-refractivity contribution in [2.75, 3.05) is 19.3 Å². The van der Waals surface area contributed by atoms with Gasteiger partial charge in [-0.2, -0.15) is 0 Å². The van der Waals surface area contributed by atoms with Gasteiger partial charge in [0.2, 0.25) is 20.0 Å². The number of nitrogens with one attached hydrogen (secondary N) is 2. The highest BCUT2D eigenvalue weighted by molar-refractivity contribution is 7.89. The number of thiocarbonyl (C=S) groups is 1. The smallest absolute Gasteiger partial charge is 0.215 e. The van der Waals surface area contributed by atoms with Gasteiger partial charge < -0.3 is 5.73 Å². The highest BCUT2D eigenvalue weighted by atomic mass is 32.2. The van der Waals surface area contributed by atoms with E-state index in [0.29, 0.717) is 11.1 Å². The lowest BCUT2D eigenvalue weighted by molar-refractivity contribution is 0.572. The standard InChI is InChI=1S/C11H17N3O4S3/c1-20(15,16)13-5-6-14-21(17,18)8-9-3-2-4-10(7-9)11(12)19/h2-4,7,13-14H,5-6,8H2,1H3,(H2,12,19). The molecular weight excluding hydrogens is 334 g/mol. The summed E-state index contributed by atoms with van der Waals surface area (Å²) < 4.78 is 49.9. The summed E-state index contributed by atoms with van der Waals surface area (Å²) in [6.07, 6.45) is 1.00. The number of hydrogen-bond acceptors (Lipinski definition) is 5. The van der Waals surface area contributed by atoms with Crippen molar-refractivity contribution in [2.45, 2.75) is 5.75 Å². The zero-order valence-corrected chi connectivity index (χ0v) is 13.8. The first kappa shape index (κ1) is 18.0. The second kappa shape index (κ2) is 7.27. The van der Waals surface area contributed by atoms with Gasteiger partial charge in [0.25, 0.3) is 0 Å². The number of benzene rings is 1. The Labute approximate surface area is 130 Å². The van der Waals surface area contributed by atoms with Crippen LogP contribution in [0.5, 0.6) is 0 Å². The summed E-state index contributed by atoms with van der Waals surface area (Å²) in [5.41, 5.74) is 6.63. The highest BCUT2D eigenvalue weighted by Crippen LogP contribution is 2.08. The zero-order valence-electron chi connectivity index (χ0n) is 11.4. The minimum absolute atomic E-state index is 0.00894. The van der Waals surface area contributed by atoms with Crippen molar-refractivity contribution in [1.82, 2.24) is 9.44 Å². The molecule has 0 heterocycles. The molecule has 0 aliphatic heterocycles. The van der Waals surface area contributed by atoms with Crippen LogP contribution in [-0.4, -0.2) is 41.2 Å². The molecule has 1 aromatic rings. The molecule has 0 bridgehead atoms. The van der Waals surface area contributed by atoms with Gasteiger partial charge in [0, 0.05) is 18.7 Å². The maximum atomic E-state index is 11.9. The fraction of sp³-hybridized carbons (Fsp3) is 0.364. The third-order valence-electron chi connectivity index (χ3n) is 2.38. The molecule has 0 radical (unpaired) electrons. The van der Waals surface area contributed by atoms with Crippen LogP contribution in [0.15, 0.2) is 24.3 Å². The molecule has 0 saturated carbocycles. The van der Waals surface area contributed by atoms with Crippen LogP contribution in [0.1, 0.15) is 11.1 Å². The van der Waals surface area contributed by atoms with E-state index in [2.05, 4.69) is 9.44 Å². The third kappa shape index (κ3) is 7.48. The second-order valence-corrected chi connectivity index (χ2v) is 8.46. The lowest BCUT2D eigenvalue weighted by Crippen LogP contribution is -2.34. The van der Waals surface area contributed by atoms with Gasteiger partial charge in [-0.25, -0.2) is 26.3 Å². The Kier molecular flexibility index (Phi) is 6.23. The fourth-order valence-corrected chi connectivity index (χ4v) is 3.26. The minimum atomic E-state index is -3.56. The second-order valence-electron chi connectivity index (χ2n) is 4.38. The number of rotatable bonds is 8. The van der Waals surface area contributed by atoms with Gasteiger partial charge >= 0.3 is 0 Å². The molecule has 0 spiro atoms. The molecule has 0 saturated heterocycles. The third-order valence-corrected chi connectivity index (χ3v) is 4.70. The maximum Gasteiger partial charge on any atom is 0.215 e. The van der Waals surface area contributed by atoms with Gasteiger partial charge in [0.15, 0.2) is 0 Å². The SMILES string of the molecule is CS(=O)(=O)NCCNS(=O)(=O)Cc1cccc(C(N)=S)c1. The van der Waals surface area contributed by atoms with Crippen molar-refractivity contribution in [3.63, 3.8) is 0 Å². The van der Waals surface area contributed by atoms with Crippen LogP contribution in [0.2, 0.25) is 0 Å². The summed E-state index contributed by atoms with van der Waals surface area (Å²) >= 11 is 4.83. The van der Waals surface area contributed by atoms with Crippen molar-refractivity contribution in [1.29, 1.82) is 0 Å². The Bertz CT molecular complexity index is 714. The normalized spacial score (nSPS) is 12.2. The van der Waals surface area contributed by atoms with Crippen LogP contribution in [0.4, 0.5) is 0 Å². The quantitative estimate of drug-likeness (QED) is 0.421. The van der Waals surface area contributed by atoms with E-state index >= 15 is 0 Å². The van der Waals surface area contributed by atoms with Crippen molar-refractivity contribution >= 4 is 37.3 Å². The summed E-state index contributed by atoms with van der Waals surface area (Å²) in [7, 11) is -6.89. The van der Waals surface area contributed by atoms with E-state index in [0.717, 1.165) is 6.26 Å². The topological polar surface area (TPSA) is 118 Å². The van der Waals surface area contributed by atoms with Crippen LogP contribution < -0.4 is 15.2 Å². The van der Waals surface area contributed by atoms with Gasteiger partial charge in [-0.1, -0.05) is 30.4 Å². The Morgan fingerprint density at radius 1 is 1.19 bits per heavy atom. The van der Waals surface area contributed by atoms with Gasteiger partial charge in [-0.3, -0.25) is 0 Å². The van der Waals surface area contributed by atoms with Crippen LogP contribution in [-0.2, 0) is 25.8 Å². The van der Waals surface area contributed by atoms with Gasteiger partial charge in [0.05, 0.1) is 12.0 Å². The Morgan fingerprint density at radius 3 is 2.38 bits per heavy atom. The molecule has 118 valence electrons. The lowest BCUT2D eigenvalue weighted by Gasteiger charge is -2.08. The summed E-state index contributed by atoms with van der Waals surface area (Å²) in [4.78, 5) is 0.194. The molecule has 0 amide bonds. The summed E-state index contributed by atoms with van der Waals surface area (Å²) in [5.74, 6) is -0.234. The molecule has 4 N–H and O–H groups in total. The molecule has 0 aliphatic carbocycles. The molecule has 7 nitrogen and oxygen atoms in total. The molecule has 0 atom stereocenters. The molecular formula is C11H17N3O4S3. The molecule has 0 aliphatic rings. The van der Waals surface area contributed by atoms with Crippen molar-refractivity contribution in [3.05, 3.63) is 35.4 Å². The predicted octanol–water partition coefficient (Wildman–Crippen LogP) is -0.711. The van der Waals surface area contributed by atoms with E-state index in [1.165, 1.54) is 0 Å². The average Bonchev–Trinajstić information content (AvgIpc) is 2.33. The largest absolute Gasteiger partial charge is 0.389 e. The molecule has 1 rings (SSSR count). The predicted molar refractivity (Wildman–Crippen MR) is 85.8 cm³/mol. The minimum Gasteiger partial charge on any atom is -0.389 e. The fourth-order valence-electron chi connectivity index (χ4n) is 1.53. The lowest BCUT2D eigenvalue weighted by atomic mass is 10.1. The van der Waals surface area contributed by atoms with Crippen LogP contribution in [0.25, 0.3) is 0 Å². The Balaban J connectivity index is 2.60. The van der Waals surface area contributed by atoms with Crippen molar-refractivity contribution < 1.29 is 16.8 Å². The number of hydrogen-bond donors (Lipinski definition) is 3. The van der Waals surface area contributed by atoms with Crippen molar-refractivity contribution in [2.24, 2.45) is 5.73 Å². The van der Waals surface area contributed by atoms with Crippen LogP contribution in [0, 0.1) is 0 Å². The van der Waals surface area contributed by atoms with E-state index in [-0.39, 0.29) is 23.8 Å². The first-order valence-electron chi connectivity index (χ1n) is 5.90. The van der Waals surface area contributed by atoms with Crippen LogP contribution in [0.3, 0.4) is 0 Å². The summed E-state index contributed by atoms with van der Waals surface area (Å²) in [5, 5.41) is 0. The molecule has 21 heavy (non-hydrogen) atoms. The number of nitrogens with two attached hydrogens (primary N) is 1. The average molecular weight is 351 g/mol. The van der Waals surface area contributed by atoms with E-state index in [1.807, 2.05) is 0 Å².